The molecule has 0 unspecified atom stereocenters. The molecule has 8 heteroatoms. The van der Waals surface area contributed by atoms with Crippen molar-refractivity contribution >= 4 is 51.6 Å². The van der Waals surface area contributed by atoms with Crippen LogP contribution in [0.1, 0.15) is 31.9 Å². The van der Waals surface area contributed by atoms with Gasteiger partial charge in [-0.25, -0.2) is 4.39 Å². The molecule has 0 bridgehead atoms. The number of nitrogens with two attached hydrogens (primary N) is 1. The Labute approximate surface area is 188 Å². The number of thiocarbonyl (C=S) groups is 1. The predicted octanol–water partition coefficient (Wildman–Crippen LogP) is 4.41. The van der Waals surface area contributed by atoms with Gasteiger partial charge < -0.3 is 11.1 Å². The lowest BCUT2D eigenvalue weighted by atomic mass is 10.1. The third kappa shape index (κ3) is 6.07. The van der Waals surface area contributed by atoms with Crippen molar-refractivity contribution < 1.29 is 14.0 Å². The van der Waals surface area contributed by atoms with E-state index in [2.05, 4.69) is 10.6 Å². The number of carbonyl (C=O) groups is 2. The van der Waals surface area contributed by atoms with Crippen LogP contribution in [0.5, 0.6) is 0 Å². The van der Waals surface area contributed by atoms with Gasteiger partial charge in [-0.2, -0.15) is 0 Å². The van der Waals surface area contributed by atoms with Gasteiger partial charge in [-0.3, -0.25) is 14.9 Å². The van der Waals surface area contributed by atoms with Crippen molar-refractivity contribution in [1.29, 1.82) is 0 Å². The van der Waals surface area contributed by atoms with E-state index in [9.17, 15) is 14.0 Å². The van der Waals surface area contributed by atoms with E-state index in [1.54, 1.807) is 18.2 Å². The lowest BCUT2D eigenvalue weighted by Crippen LogP contribution is -2.33. The number of hydrogen-bond donors (Lipinski definition) is 3. The quantitative estimate of drug-likeness (QED) is 0.381. The van der Waals surface area contributed by atoms with E-state index in [0.717, 1.165) is 16.0 Å². The molecule has 0 saturated heterocycles. The molecule has 0 aliphatic carbocycles. The van der Waals surface area contributed by atoms with Gasteiger partial charge in [-0.1, -0.05) is 42.5 Å². The number of nitrogens with one attached hydrogen (secondary N) is 2. The Morgan fingerprint density at radius 1 is 1.13 bits per heavy atom. The van der Waals surface area contributed by atoms with E-state index in [1.807, 2.05) is 37.3 Å². The lowest BCUT2D eigenvalue weighted by Gasteiger charge is -2.07. The summed E-state index contributed by atoms with van der Waals surface area (Å²) in [7, 11) is 0. The average Bonchev–Trinajstić information content (AvgIpc) is 3.03. The highest BCUT2D eigenvalue weighted by molar-refractivity contribution is 7.80. The molecule has 1 aromatic heterocycles. The van der Waals surface area contributed by atoms with Crippen LogP contribution in [0.25, 0.3) is 6.08 Å². The fourth-order valence-corrected chi connectivity index (χ4v) is 4.45. The third-order valence-corrected chi connectivity index (χ3v) is 5.87. The van der Waals surface area contributed by atoms with E-state index < -0.39 is 11.8 Å². The standard InChI is InChI=1S/C23H20FN3O2S2/c1-14-18(13-16-5-3-2-4-6-16)31-22(20(14)21(25)29)27-23(30)26-19(28)12-9-15-7-10-17(24)11-8-15/h2-12H,13H2,1H3,(H2,25,29)(H2,26,27,28,30)/b12-9+. The maximum atomic E-state index is 12.9. The molecular weight excluding hydrogens is 433 g/mol. The van der Waals surface area contributed by atoms with Gasteiger partial charge in [0.25, 0.3) is 5.91 Å². The fourth-order valence-electron chi connectivity index (χ4n) is 2.93. The first-order chi connectivity index (χ1) is 14.8. The minimum absolute atomic E-state index is 0.0452. The number of primary amides is 1. The zero-order valence-corrected chi connectivity index (χ0v) is 18.3. The first-order valence-corrected chi connectivity index (χ1v) is 10.6. The molecule has 0 atom stereocenters. The zero-order chi connectivity index (χ0) is 22.4. The summed E-state index contributed by atoms with van der Waals surface area (Å²) < 4.78 is 12.9. The van der Waals surface area contributed by atoms with Gasteiger partial charge >= 0.3 is 0 Å². The highest BCUT2D eigenvalue weighted by Crippen LogP contribution is 2.34. The van der Waals surface area contributed by atoms with Crippen LogP contribution in [0.4, 0.5) is 9.39 Å². The second-order valence-corrected chi connectivity index (χ2v) is 8.22. The number of anilines is 1. The second-order valence-electron chi connectivity index (χ2n) is 6.71. The van der Waals surface area contributed by atoms with Gasteiger partial charge in [0, 0.05) is 17.4 Å². The highest BCUT2D eigenvalue weighted by atomic mass is 32.1. The summed E-state index contributed by atoms with van der Waals surface area (Å²) >= 11 is 6.59. The summed E-state index contributed by atoms with van der Waals surface area (Å²) in [5, 5.41) is 5.97. The smallest absolute Gasteiger partial charge is 0.251 e. The molecule has 0 saturated carbocycles. The molecule has 0 aliphatic rings. The Kier molecular flexibility index (Phi) is 7.28. The molecule has 3 aromatic rings. The third-order valence-electron chi connectivity index (χ3n) is 4.46. The van der Waals surface area contributed by atoms with Gasteiger partial charge in [0.15, 0.2) is 5.11 Å². The maximum Gasteiger partial charge on any atom is 0.251 e. The van der Waals surface area contributed by atoms with E-state index in [0.29, 0.717) is 22.5 Å². The molecule has 1 heterocycles. The van der Waals surface area contributed by atoms with E-state index in [-0.39, 0.29) is 10.9 Å². The summed E-state index contributed by atoms with van der Waals surface area (Å²) in [4.78, 5) is 25.1. The zero-order valence-electron chi connectivity index (χ0n) is 16.6. The van der Waals surface area contributed by atoms with Crippen molar-refractivity contribution in [2.75, 3.05) is 5.32 Å². The van der Waals surface area contributed by atoms with Crippen molar-refractivity contribution in [2.45, 2.75) is 13.3 Å². The van der Waals surface area contributed by atoms with Crippen LogP contribution in [0.2, 0.25) is 0 Å². The number of benzene rings is 2. The van der Waals surface area contributed by atoms with Gasteiger partial charge in [-0.05, 0) is 54.0 Å². The van der Waals surface area contributed by atoms with Gasteiger partial charge in [0.1, 0.15) is 10.8 Å². The van der Waals surface area contributed by atoms with Crippen LogP contribution in [0.3, 0.4) is 0 Å². The van der Waals surface area contributed by atoms with Gasteiger partial charge in [0.2, 0.25) is 5.91 Å². The summed E-state index contributed by atoms with van der Waals surface area (Å²) in [6.07, 6.45) is 3.48. The molecule has 0 radical (unpaired) electrons. The van der Waals surface area contributed by atoms with Crippen LogP contribution >= 0.6 is 23.6 Å². The van der Waals surface area contributed by atoms with Crippen LogP contribution in [-0.2, 0) is 11.2 Å². The van der Waals surface area contributed by atoms with Crippen LogP contribution < -0.4 is 16.4 Å². The number of halogens is 1. The summed E-state index contributed by atoms with van der Waals surface area (Å²) in [5.74, 6) is -1.38. The van der Waals surface area contributed by atoms with Crippen molar-refractivity contribution in [2.24, 2.45) is 5.73 Å². The molecule has 31 heavy (non-hydrogen) atoms. The first-order valence-electron chi connectivity index (χ1n) is 9.35. The summed E-state index contributed by atoms with van der Waals surface area (Å²) in [5.41, 5.74) is 8.50. The maximum absolute atomic E-state index is 12.9. The molecule has 2 amide bonds. The molecule has 0 spiro atoms. The molecule has 0 aliphatic heterocycles. The molecule has 4 N–H and O–H groups in total. The Bertz CT molecular complexity index is 1140. The van der Waals surface area contributed by atoms with Crippen LogP contribution in [-0.4, -0.2) is 16.9 Å². The number of amides is 2. The van der Waals surface area contributed by atoms with Crippen LogP contribution in [0.15, 0.2) is 60.7 Å². The van der Waals surface area contributed by atoms with E-state index in [1.165, 1.54) is 29.5 Å². The molecule has 158 valence electrons. The summed E-state index contributed by atoms with van der Waals surface area (Å²) in [6.45, 7) is 1.84. The molecular formula is C23H20FN3O2S2. The Balaban J connectivity index is 1.69. The molecule has 3 rings (SSSR count). The monoisotopic (exact) mass is 453 g/mol. The number of hydrogen-bond acceptors (Lipinski definition) is 4. The van der Waals surface area contributed by atoms with Gasteiger partial charge in [0.05, 0.1) is 5.56 Å². The second kappa shape index (κ2) is 10.1. The van der Waals surface area contributed by atoms with Crippen LogP contribution in [0, 0.1) is 12.7 Å². The van der Waals surface area contributed by atoms with Crippen molar-refractivity contribution in [3.05, 3.63) is 93.6 Å². The van der Waals surface area contributed by atoms with E-state index in [4.69, 9.17) is 18.0 Å². The topological polar surface area (TPSA) is 84.2 Å². The average molecular weight is 454 g/mol. The Morgan fingerprint density at radius 2 is 1.81 bits per heavy atom. The first kappa shape index (κ1) is 22.3. The SMILES string of the molecule is Cc1c(Cc2ccccc2)sc(NC(=S)NC(=O)/C=C/c2ccc(F)cc2)c1C(N)=O. The predicted molar refractivity (Wildman–Crippen MR) is 127 cm³/mol. The largest absolute Gasteiger partial charge is 0.365 e. The number of rotatable bonds is 6. The van der Waals surface area contributed by atoms with Gasteiger partial charge in [-0.15, -0.1) is 11.3 Å². The Morgan fingerprint density at radius 3 is 2.45 bits per heavy atom. The fraction of sp³-hybridized carbons (Fsp3) is 0.0870. The minimum Gasteiger partial charge on any atom is -0.365 e. The normalized spacial score (nSPS) is 10.8. The van der Waals surface area contributed by atoms with Crippen molar-refractivity contribution in [3.63, 3.8) is 0 Å². The number of thiophene rings is 1. The highest BCUT2D eigenvalue weighted by Gasteiger charge is 2.20. The number of carbonyl (C=O) groups excluding carboxylic acids is 2. The summed E-state index contributed by atoms with van der Waals surface area (Å²) in [6, 6.07) is 15.6. The molecule has 2 aromatic carbocycles. The van der Waals surface area contributed by atoms with Crippen molar-refractivity contribution in [1.82, 2.24) is 5.32 Å². The minimum atomic E-state index is -0.569. The molecule has 0 fully saturated rings. The van der Waals surface area contributed by atoms with Crippen molar-refractivity contribution in [3.8, 4) is 0 Å². The molecule has 5 nitrogen and oxygen atoms in total. The Hall–Kier alpha value is -3.36. The van der Waals surface area contributed by atoms with E-state index >= 15 is 0 Å². The lowest BCUT2D eigenvalue weighted by molar-refractivity contribution is -0.115.